The summed E-state index contributed by atoms with van der Waals surface area (Å²) in [6.45, 7) is 5.98. The minimum absolute atomic E-state index is 0.762. The molecule has 0 radical (unpaired) electrons. The average molecular weight is 228 g/mol. The molecule has 0 saturated carbocycles. The van der Waals surface area contributed by atoms with Gasteiger partial charge in [-0.05, 0) is 32.4 Å². The Kier molecular flexibility index (Phi) is 3.04. The summed E-state index contributed by atoms with van der Waals surface area (Å²) < 4.78 is 0. The quantitative estimate of drug-likeness (QED) is 0.858. The van der Waals surface area contributed by atoms with Crippen LogP contribution < -0.4 is 5.32 Å². The number of anilines is 1. The van der Waals surface area contributed by atoms with Crippen LogP contribution in [-0.4, -0.2) is 22.0 Å². The standard InChI is InChI=1S/C13H16N4/c1-8-5-6-15-7-11(8)12-9(2)13(14-4)17-10(3)16-12/h5-7H,1-4H3,(H,14,16,17). The van der Waals surface area contributed by atoms with Crippen molar-refractivity contribution in [2.24, 2.45) is 0 Å². The van der Waals surface area contributed by atoms with E-state index in [0.29, 0.717) is 0 Å². The van der Waals surface area contributed by atoms with Crippen molar-refractivity contribution in [3.63, 3.8) is 0 Å². The fourth-order valence-electron chi connectivity index (χ4n) is 1.85. The van der Waals surface area contributed by atoms with Gasteiger partial charge in [0.25, 0.3) is 0 Å². The van der Waals surface area contributed by atoms with Crippen LogP contribution in [0.4, 0.5) is 5.82 Å². The highest BCUT2D eigenvalue weighted by atomic mass is 15.0. The van der Waals surface area contributed by atoms with E-state index in [1.807, 2.05) is 33.2 Å². The first kappa shape index (κ1) is 11.5. The minimum atomic E-state index is 0.762. The number of aromatic nitrogens is 3. The first-order valence-corrected chi connectivity index (χ1v) is 5.57. The number of rotatable bonds is 2. The smallest absolute Gasteiger partial charge is 0.132 e. The van der Waals surface area contributed by atoms with Gasteiger partial charge in [-0.15, -0.1) is 0 Å². The summed E-state index contributed by atoms with van der Waals surface area (Å²) >= 11 is 0. The van der Waals surface area contributed by atoms with E-state index in [0.717, 1.165) is 28.5 Å². The van der Waals surface area contributed by atoms with Gasteiger partial charge in [-0.3, -0.25) is 4.98 Å². The highest BCUT2D eigenvalue weighted by molar-refractivity contribution is 5.69. The second kappa shape index (κ2) is 4.49. The van der Waals surface area contributed by atoms with E-state index in [9.17, 15) is 0 Å². The number of hydrogen-bond acceptors (Lipinski definition) is 4. The minimum Gasteiger partial charge on any atom is -0.373 e. The third kappa shape index (κ3) is 2.11. The molecule has 0 unspecified atom stereocenters. The molecule has 0 atom stereocenters. The SMILES string of the molecule is CNc1nc(C)nc(-c2cnccc2C)c1C. The molecule has 0 aliphatic rings. The molecule has 0 bridgehead atoms. The highest BCUT2D eigenvalue weighted by Crippen LogP contribution is 2.27. The van der Waals surface area contributed by atoms with Gasteiger partial charge in [0.05, 0.1) is 5.69 Å². The predicted molar refractivity (Wildman–Crippen MR) is 69.0 cm³/mol. The first-order chi connectivity index (χ1) is 8.13. The predicted octanol–water partition coefficient (Wildman–Crippen LogP) is 2.51. The molecule has 0 amide bonds. The molecule has 0 aliphatic carbocycles. The van der Waals surface area contributed by atoms with Crippen molar-refractivity contribution in [1.82, 2.24) is 15.0 Å². The van der Waals surface area contributed by atoms with Gasteiger partial charge in [0, 0.05) is 30.6 Å². The summed E-state index contributed by atoms with van der Waals surface area (Å²) in [6.07, 6.45) is 3.64. The molecule has 0 saturated heterocycles. The molecular formula is C13H16N4. The maximum absolute atomic E-state index is 4.52. The molecule has 17 heavy (non-hydrogen) atoms. The number of aryl methyl sites for hydroxylation is 2. The second-order valence-corrected chi connectivity index (χ2v) is 4.03. The second-order valence-electron chi connectivity index (χ2n) is 4.03. The highest BCUT2D eigenvalue weighted by Gasteiger charge is 2.11. The number of hydrogen-bond donors (Lipinski definition) is 1. The van der Waals surface area contributed by atoms with Gasteiger partial charge in [0.1, 0.15) is 11.6 Å². The molecule has 2 aromatic rings. The molecule has 0 fully saturated rings. The van der Waals surface area contributed by atoms with Crippen molar-refractivity contribution in [3.05, 3.63) is 35.4 Å². The van der Waals surface area contributed by atoms with Crippen LogP contribution in [0.1, 0.15) is 17.0 Å². The maximum Gasteiger partial charge on any atom is 0.132 e. The van der Waals surface area contributed by atoms with Crippen LogP contribution >= 0.6 is 0 Å². The third-order valence-corrected chi connectivity index (χ3v) is 2.79. The molecule has 4 heteroatoms. The Hall–Kier alpha value is -1.97. The first-order valence-electron chi connectivity index (χ1n) is 5.57. The van der Waals surface area contributed by atoms with Gasteiger partial charge in [-0.25, -0.2) is 9.97 Å². The van der Waals surface area contributed by atoms with Crippen LogP contribution in [0, 0.1) is 20.8 Å². The van der Waals surface area contributed by atoms with E-state index in [1.165, 1.54) is 5.56 Å². The lowest BCUT2D eigenvalue weighted by Crippen LogP contribution is -2.03. The molecular weight excluding hydrogens is 212 g/mol. The molecule has 2 aromatic heterocycles. The lowest BCUT2D eigenvalue weighted by Gasteiger charge is -2.12. The maximum atomic E-state index is 4.52. The van der Waals surface area contributed by atoms with Crippen molar-refractivity contribution in [1.29, 1.82) is 0 Å². The molecule has 0 aromatic carbocycles. The van der Waals surface area contributed by atoms with Crippen molar-refractivity contribution in [2.75, 3.05) is 12.4 Å². The summed E-state index contributed by atoms with van der Waals surface area (Å²) in [5, 5.41) is 3.09. The number of nitrogens with one attached hydrogen (secondary N) is 1. The Morgan fingerprint density at radius 3 is 2.53 bits per heavy atom. The topological polar surface area (TPSA) is 50.7 Å². The van der Waals surface area contributed by atoms with E-state index < -0.39 is 0 Å². The summed E-state index contributed by atoms with van der Waals surface area (Å²) in [6, 6.07) is 1.99. The fraction of sp³-hybridized carbons (Fsp3) is 0.308. The zero-order valence-electron chi connectivity index (χ0n) is 10.6. The Bertz CT molecular complexity index is 549. The Balaban J connectivity index is 2.67. The molecule has 4 nitrogen and oxygen atoms in total. The average Bonchev–Trinajstić information content (AvgIpc) is 2.32. The molecule has 2 heterocycles. The van der Waals surface area contributed by atoms with Gasteiger partial charge < -0.3 is 5.32 Å². The van der Waals surface area contributed by atoms with Crippen LogP contribution in [0.3, 0.4) is 0 Å². The summed E-state index contributed by atoms with van der Waals surface area (Å²) in [7, 11) is 1.87. The van der Waals surface area contributed by atoms with Crippen molar-refractivity contribution < 1.29 is 0 Å². The van der Waals surface area contributed by atoms with E-state index in [2.05, 4.69) is 27.2 Å². The molecule has 2 rings (SSSR count). The van der Waals surface area contributed by atoms with Crippen LogP contribution in [0.5, 0.6) is 0 Å². The van der Waals surface area contributed by atoms with Crippen LogP contribution in [0.2, 0.25) is 0 Å². The van der Waals surface area contributed by atoms with E-state index in [4.69, 9.17) is 0 Å². The molecule has 0 aliphatic heterocycles. The third-order valence-electron chi connectivity index (χ3n) is 2.79. The van der Waals surface area contributed by atoms with E-state index in [-0.39, 0.29) is 0 Å². The molecule has 0 spiro atoms. The number of pyridine rings is 1. The van der Waals surface area contributed by atoms with Gasteiger partial charge in [0.2, 0.25) is 0 Å². The largest absolute Gasteiger partial charge is 0.373 e. The van der Waals surface area contributed by atoms with Gasteiger partial charge in [0.15, 0.2) is 0 Å². The number of nitrogens with zero attached hydrogens (tertiary/aromatic N) is 3. The van der Waals surface area contributed by atoms with Gasteiger partial charge in [-0.2, -0.15) is 0 Å². The van der Waals surface area contributed by atoms with Crippen LogP contribution in [0.15, 0.2) is 18.5 Å². The lowest BCUT2D eigenvalue weighted by atomic mass is 10.0. The van der Waals surface area contributed by atoms with Gasteiger partial charge in [-0.1, -0.05) is 0 Å². The Morgan fingerprint density at radius 1 is 1.12 bits per heavy atom. The van der Waals surface area contributed by atoms with Gasteiger partial charge >= 0.3 is 0 Å². The van der Waals surface area contributed by atoms with Crippen molar-refractivity contribution in [2.45, 2.75) is 20.8 Å². The lowest BCUT2D eigenvalue weighted by molar-refractivity contribution is 1.03. The Morgan fingerprint density at radius 2 is 1.88 bits per heavy atom. The van der Waals surface area contributed by atoms with Crippen molar-refractivity contribution in [3.8, 4) is 11.3 Å². The van der Waals surface area contributed by atoms with Crippen LogP contribution in [0.25, 0.3) is 11.3 Å². The summed E-state index contributed by atoms with van der Waals surface area (Å²) in [5.74, 6) is 1.63. The van der Waals surface area contributed by atoms with E-state index in [1.54, 1.807) is 6.20 Å². The monoisotopic (exact) mass is 228 g/mol. The zero-order valence-corrected chi connectivity index (χ0v) is 10.6. The molecule has 1 N–H and O–H groups in total. The summed E-state index contributed by atoms with van der Waals surface area (Å²) in [4.78, 5) is 13.1. The summed E-state index contributed by atoms with van der Waals surface area (Å²) in [5.41, 5.74) is 4.23. The zero-order chi connectivity index (χ0) is 12.4. The normalized spacial score (nSPS) is 10.4. The van der Waals surface area contributed by atoms with Crippen molar-refractivity contribution >= 4 is 5.82 Å². The molecule has 88 valence electrons. The Labute approximate surface area is 101 Å². The van der Waals surface area contributed by atoms with E-state index >= 15 is 0 Å². The fourth-order valence-corrected chi connectivity index (χ4v) is 1.85. The van der Waals surface area contributed by atoms with Crippen LogP contribution in [-0.2, 0) is 0 Å².